The molecule has 2 aliphatic rings. The van der Waals surface area contributed by atoms with E-state index in [-0.39, 0.29) is 5.60 Å². The molecule has 1 aliphatic heterocycles. The average Bonchev–Trinajstić information content (AvgIpc) is 2.90. The lowest BCUT2D eigenvalue weighted by Crippen LogP contribution is -2.42. The zero-order valence-electron chi connectivity index (χ0n) is 11.7. The number of ether oxygens (including phenoxy) is 1. The molecule has 0 amide bonds. The van der Waals surface area contributed by atoms with Crippen LogP contribution in [0, 0.1) is 16.7 Å². The molecule has 1 unspecified atom stereocenters. The number of hydrogen-bond acceptors (Lipinski definition) is 2. The zero-order chi connectivity index (χ0) is 12.7. The summed E-state index contributed by atoms with van der Waals surface area (Å²) >= 11 is 0. The summed E-state index contributed by atoms with van der Waals surface area (Å²) in [6, 6.07) is 0.362. The van der Waals surface area contributed by atoms with E-state index in [0.717, 1.165) is 19.0 Å². The van der Waals surface area contributed by atoms with E-state index < -0.39 is 0 Å². The van der Waals surface area contributed by atoms with Gasteiger partial charge in [0.05, 0.1) is 0 Å². The molecular formula is C14H26N2O. The number of piperidine rings is 1. The SMILES string of the molecule is CCC1CC12CCN(C(=N)OC(C)(C)C)CC2. The van der Waals surface area contributed by atoms with Crippen molar-refractivity contribution >= 4 is 6.02 Å². The van der Waals surface area contributed by atoms with Crippen molar-refractivity contribution in [3.05, 3.63) is 0 Å². The molecular weight excluding hydrogens is 212 g/mol. The number of rotatable bonds is 1. The minimum absolute atomic E-state index is 0.252. The van der Waals surface area contributed by atoms with Crippen LogP contribution in [0.15, 0.2) is 0 Å². The number of nitrogens with one attached hydrogen (secondary N) is 1. The Balaban J connectivity index is 1.82. The molecule has 2 rings (SSSR count). The van der Waals surface area contributed by atoms with Crippen molar-refractivity contribution < 1.29 is 4.74 Å². The van der Waals surface area contributed by atoms with Crippen LogP contribution in [0.3, 0.4) is 0 Å². The van der Waals surface area contributed by atoms with Crippen molar-refractivity contribution in [2.75, 3.05) is 13.1 Å². The van der Waals surface area contributed by atoms with Gasteiger partial charge < -0.3 is 9.64 Å². The molecule has 1 aliphatic carbocycles. The predicted molar refractivity (Wildman–Crippen MR) is 70.2 cm³/mol. The Bertz CT molecular complexity index is 298. The maximum atomic E-state index is 7.99. The maximum Gasteiger partial charge on any atom is 0.284 e. The second-order valence-electron chi connectivity index (χ2n) is 6.68. The van der Waals surface area contributed by atoms with Gasteiger partial charge in [0.25, 0.3) is 6.02 Å². The van der Waals surface area contributed by atoms with Gasteiger partial charge in [-0.25, -0.2) is 0 Å². The van der Waals surface area contributed by atoms with Gasteiger partial charge in [-0.1, -0.05) is 13.3 Å². The lowest BCUT2D eigenvalue weighted by Gasteiger charge is -2.36. The molecule has 1 saturated carbocycles. The second-order valence-corrected chi connectivity index (χ2v) is 6.68. The number of amidine groups is 1. The van der Waals surface area contributed by atoms with Gasteiger partial charge in [0.15, 0.2) is 0 Å². The largest absolute Gasteiger partial charge is 0.460 e. The summed E-state index contributed by atoms with van der Waals surface area (Å²) in [7, 11) is 0. The monoisotopic (exact) mass is 238 g/mol. The first kappa shape index (κ1) is 12.7. The van der Waals surface area contributed by atoms with E-state index >= 15 is 0 Å². The minimum Gasteiger partial charge on any atom is -0.460 e. The fourth-order valence-corrected chi connectivity index (χ4v) is 3.13. The van der Waals surface area contributed by atoms with Crippen molar-refractivity contribution in [2.24, 2.45) is 11.3 Å². The highest BCUT2D eigenvalue weighted by Crippen LogP contribution is 2.60. The van der Waals surface area contributed by atoms with Crippen molar-refractivity contribution in [3.63, 3.8) is 0 Å². The highest BCUT2D eigenvalue weighted by molar-refractivity contribution is 5.70. The van der Waals surface area contributed by atoms with E-state index in [4.69, 9.17) is 10.1 Å². The molecule has 2 fully saturated rings. The molecule has 0 aromatic heterocycles. The van der Waals surface area contributed by atoms with E-state index in [1.54, 1.807) is 0 Å². The van der Waals surface area contributed by atoms with Gasteiger partial charge in [0, 0.05) is 13.1 Å². The molecule has 1 atom stereocenters. The molecule has 17 heavy (non-hydrogen) atoms. The molecule has 0 aromatic rings. The van der Waals surface area contributed by atoms with Gasteiger partial charge >= 0.3 is 0 Å². The van der Waals surface area contributed by atoms with Crippen LogP contribution in [-0.4, -0.2) is 29.6 Å². The normalized spacial score (nSPS) is 27.1. The summed E-state index contributed by atoms with van der Waals surface area (Å²) in [5.74, 6) is 0.961. The summed E-state index contributed by atoms with van der Waals surface area (Å²) in [5, 5.41) is 7.99. The van der Waals surface area contributed by atoms with Crippen molar-refractivity contribution in [1.29, 1.82) is 5.41 Å². The van der Waals surface area contributed by atoms with Gasteiger partial charge in [-0.15, -0.1) is 0 Å². The number of likely N-dealkylation sites (tertiary alicyclic amines) is 1. The van der Waals surface area contributed by atoms with E-state index in [0.29, 0.717) is 11.4 Å². The van der Waals surface area contributed by atoms with Gasteiger partial charge in [-0.3, -0.25) is 5.41 Å². The van der Waals surface area contributed by atoms with Crippen LogP contribution in [0.2, 0.25) is 0 Å². The van der Waals surface area contributed by atoms with Crippen LogP contribution in [-0.2, 0) is 4.74 Å². The first-order chi connectivity index (χ1) is 7.86. The molecule has 1 spiro atoms. The smallest absolute Gasteiger partial charge is 0.284 e. The van der Waals surface area contributed by atoms with Crippen molar-refractivity contribution in [2.45, 2.75) is 59.0 Å². The van der Waals surface area contributed by atoms with E-state index in [2.05, 4.69) is 11.8 Å². The second kappa shape index (κ2) is 4.18. The predicted octanol–water partition coefficient (Wildman–Crippen LogP) is 3.25. The van der Waals surface area contributed by atoms with Gasteiger partial charge in [0.2, 0.25) is 0 Å². The summed E-state index contributed by atoms with van der Waals surface area (Å²) in [5.41, 5.74) is 0.394. The van der Waals surface area contributed by atoms with Crippen LogP contribution in [0.5, 0.6) is 0 Å². The molecule has 3 nitrogen and oxygen atoms in total. The number of hydrogen-bond donors (Lipinski definition) is 1. The first-order valence-electron chi connectivity index (χ1n) is 6.89. The Hall–Kier alpha value is -0.730. The molecule has 3 heteroatoms. The standard InChI is InChI=1S/C14H26N2O/c1-5-11-10-14(11)6-8-16(9-7-14)12(15)17-13(2,3)4/h11,15H,5-10H2,1-4H3. The Morgan fingerprint density at radius 2 is 1.94 bits per heavy atom. The Labute approximate surface area is 105 Å². The summed E-state index contributed by atoms with van der Waals surface area (Å²) in [6.07, 6.45) is 5.25. The lowest BCUT2D eigenvalue weighted by molar-refractivity contribution is 0.0741. The fourth-order valence-electron chi connectivity index (χ4n) is 3.13. The summed E-state index contributed by atoms with van der Waals surface area (Å²) in [6.45, 7) is 10.3. The third kappa shape index (κ3) is 2.75. The fraction of sp³-hybridized carbons (Fsp3) is 0.929. The quantitative estimate of drug-likeness (QED) is 0.562. The molecule has 0 bridgehead atoms. The van der Waals surface area contributed by atoms with Crippen LogP contribution < -0.4 is 0 Å². The van der Waals surface area contributed by atoms with Crippen molar-refractivity contribution in [1.82, 2.24) is 4.90 Å². The van der Waals surface area contributed by atoms with Gasteiger partial charge in [-0.05, 0) is 51.4 Å². The zero-order valence-corrected chi connectivity index (χ0v) is 11.7. The third-order valence-electron chi connectivity index (χ3n) is 4.30. The van der Waals surface area contributed by atoms with Crippen LogP contribution >= 0.6 is 0 Å². The Morgan fingerprint density at radius 3 is 2.35 bits per heavy atom. The molecule has 0 aromatic carbocycles. The van der Waals surface area contributed by atoms with Gasteiger partial charge in [-0.2, -0.15) is 0 Å². The first-order valence-corrected chi connectivity index (χ1v) is 6.89. The maximum absolute atomic E-state index is 7.99. The molecule has 1 saturated heterocycles. The van der Waals surface area contributed by atoms with E-state index in [1.165, 1.54) is 25.7 Å². The summed E-state index contributed by atoms with van der Waals surface area (Å²) in [4.78, 5) is 2.10. The molecule has 1 heterocycles. The van der Waals surface area contributed by atoms with Crippen molar-refractivity contribution in [3.8, 4) is 0 Å². The Morgan fingerprint density at radius 1 is 1.35 bits per heavy atom. The van der Waals surface area contributed by atoms with Crippen LogP contribution in [0.1, 0.15) is 53.4 Å². The highest BCUT2D eigenvalue weighted by atomic mass is 16.5. The average molecular weight is 238 g/mol. The van der Waals surface area contributed by atoms with Crippen LogP contribution in [0.25, 0.3) is 0 Å². The van der Waals surface area contributed by atoms with Gasteiger partial charge in [0.1, 0.15) is 5.60 Å². The highest BCUT2D eigenvalue weighted by Gasteiger charge is 2.53. The van der Waals surface area contributed by atoms with Crippen LogP contribution in [0.4, 0.5) is 0 Å². The number of nitrogens with zero attached hydrogens (tertiary/aromatic N) is 1. The third-order valence-corrected chi connectivity index (χ3v) is 4.30. The Kier molecular flexibility index (Phi) is 3.13. The molecule has 1 N–H and O–H groups in total. The minimum atomic E-state index is -0.252. The molecule has 0 radical (unpaired) electrons. The van der Waals surface area contributed by atoms with E-state index in [1.807, 2.05) is 20.8 Å². The topological polar surface area (TPSA) is 36.3 Å². The summed E-state index contributed by atoms with van der Waals surface area (Å²) < 4.78 is 5.63. The lowest BCUT2D eigenvalue weighted by atomic mass is 9.90. The molecule has 98 valence electrons. The van der Waals surface area contributed by atoms with E-state index in [9.17, 15) is 0 Å².